The van der Waals surface area contributed by atoms with Gasteiger partial charge < -0.3 is 5.11 Å². The van der Waals surface area contributed by atoms with Crippen molar-refractivity contribution < 1.29 is 14.7 Å². The van der Waals surface area contributed by atoms with Crippen LogP contribution in [0.2, 0.25) is 0 Å². The Bertz CT molecular complexity index is 381. The third-order valence-electron chi connectivity index (χ3n) is 4.47. The summed E-state index contributed by atoms with van der Waals surface area (Å²) in [6.45, 7) is 0.0340. The van der Waals surface area contributed by atoms with Crippen molar-refractivity contribution in [3.63, 3.8) is 0 Å². The number of ketones is 2. The SMILES string of the molecule is O=C1CCCCCC2=C(CO)CCC(CCC1)C2=O. The number of allylic oxidation sites excluding steroid dienone is 1. The van der Waals surface area contributed by atoms with Crippen molar-refractivity contribution >= 4 is 11.6 Å². The molecule has 0 aromatic heterocycles. The van der Waals surface area contributed by atoms with Crippen molar-refractivity contribution in [1.82, 2.24) is 0 Å². The molecule has 1 atom stereocenters. The van der Waals surface area contributed by atoms with Crippen LogP contribution in [0.4, 0.5) is 0 Å². The summed E-state index contributed by atoms with van der Waals surface area (Å²) in [6.07, 6.45) is 8.43. The highest BCUT2D eigenvalue weighted by Crippen LogP contribution is 2.32. The van der Waals surface area contributed by atoms with Crippen molar-refractivity contribution in [1.29, 1.82) is 0 Å². The maximum atomic E-state index is 12.4. The minimum atomic E-state index is 0.0340. The number of aliphatic hydroxyl groups is 1. The fourth-order valence-electron chi connectivity index (χ4n) is 3.27. The molecule has 3 heteroatoms. The minimum absolute atomic E-state index is 0.0340. The van der Waals surface area contributed by atoms with Gasteiger partial charge in [-0.05, 0) is 56.1 Å². The Morgan fingerprint density at radius 3 is 2.42 bits per heavy atom. The van der Waals surface area contributed by atoms with E-state index in [1.165, 1.54) is 0 Å². The van der Waals surface area contributed by atoms with Crippen LogP contribution >= 0.6 is 0 Å². The van der Waals surface area contributed by atoms with Crippen molar-refractivity contribution in [3.8, 4) is 0 Å². The smallest absolute Gasteiger partial charge is 0.161 e. The quantitative estimate of drug-likeness (QED) is 0.792. The molecule has 0 radical (unpaired) electrons. The Kier molecular flexibility index (Phi) is 5.32. The third kappa shape index (κ3) is 3.75. The Morgan fingerprint density at radius 2 is 1.63 bits per heavy atom. The van der Waals surface area contributed by atoms with Crippen molar-refractivity contribution in [2.75, 3.05) is 6.61 Å². The highest BCUT2D eigenvalue weighted by Gasteiger charge is 2.28. The predicted molar refractivity (Wildman–Crippen MR) is 73.8 cm³/mol. The number of hydrogen-bond acceptors (Lipinski definition) is 3. The molecule has 0 saturated heterocycles. The second-order valence-corrected chi connectivity index (χ2v) is 5.83. The van der Waals surface area contributed by atoms with Gasteiger partial charge in [-0.15, -0.1) is 0 Å². The second kappa shape index (κ2) is 6.99. The summed E-state index contributed by atoms with van der Waals surface area (Å²) in [5.41, 5.74) is 1.88. The normalized spacial score (nSPS) is 26.9. The van der Waals surface area contributed by atoms with Gasteiger partial charge in [-0.3, -0.25) is 9.59 Å². The zero-order chi connectivity index (χ0) is 13.7. The molecule has 0 spiro atoms. The monoisotopic (exact) mass is 264 g/mol. The molecular weight excluding hydrogens is 240 g/mol. The molecule has 0 amide bonds. The van der Waals surface area contributed by atoms with E-state index in [9.17, 15) is 14.7 Å². The molecule has 0 aromatic rings. The first-order chi connectivity index (χ1) is 9.22. The average molecular weight is 264 g/mol. The van der Waals surface area contributed by atoms with Crippen LogP contribution in [0.3, 0.4) is 0 Å². The van der Waals surface area contributed by atoms with Crippen LogP contribution in [0.15, 0.2) is 11.1 Å². The molecule has 2 aliphatic carbocycles. The highest BCUT2D eigenvalue weighted by molar-refractivity contribution is 5.98. The fourth-order valence-corrected chi connectivity index (χ4v) is 3.27. The zero-order valence-electron chi connectivity index (χ0n) is 11.6. The first kappa shape index (κ1) is 14.4. The van der Waals surface area contributed by atoms with Gasteiger partial charge in [-0.1, -0.05) is 6.42 Å². The number of fused-ring (bicyclic) bond motifs is 2. The van der Waals surface area contributed by atoms with Crippen LogP contribution in [0.25, 0.3) is 0 Å². The number of hydrogen-bond donors (Lipinski definition) is 1. The molecule has 106 valence electrons. The molecule has 3 nitrogen and oxygen atoms in total. The standard InChI is InChI=1S/C16H24O3/c17-11-13-10-9-12-5-4-7-14(18)6-2-1-3-8-15(13)16(12)19/h12,17H,1-11H2. The van der Waals surface area contributed by atoms with E-state index in [1.807, 2.05) is 0 Å². The van der Waals surface area contributed by atoms with Crippen LogP contribution in [0.1, 0.15) is 64.2 Å². The van der Waals surface area contributed by atoms with Gasteiger partial charge in [0.2, 0.25) is 0 Å². The van der Waals surface area contributed by atoms with Crippen molar-refractivity contribution in [2.45, 2.75) is 64.2 Å². The largest absolute Gasteiger partial charge is 0.392 e. The topological polar surface area (TPSA) is 54.4 Å². The summed E-state index contributed by atoms with van der Waals surface area (Å²) in [5, 5.41) is 9.39. The first-order valence-corrected chi connectivity index (χ1v) is 7.60. The third-order valence-corrected chi connectivity index (χ3v) is 4.47. The van der Waals surface area contributed by atoms with Gasteiger partial charge in [-0.25, -0.2) is 0 Å². The molecule has 2 rings (SSSR count). The van der Waals surface area contributed by atoms with Crippen LogP contribution in [-0.2, 0) is 9.59 Å². The molecule has 0 heterocycles. The average Bonchev–Trinajstić information content (AvgIpc) is 2.40. The van der Waals surface area contributed by atoms with E-state index >= 15 is 0 Å². The van der Waals surface area contributed by atoms with Gasteiger partial charge in [0.25, 0.3) is 0 Å². The zero-order valence-corrected chi connectivity index (χ0v) is 11.6. The second-order valence-electron chi connectivity index (χ2n) is 5.83. The summed E-state index contributed by atoms with van der Waals surface area (Å²) in [7, 11) is 0. The van der Waals surface area contributed by atoms with Crippen molar-refractivity contribution in [3.05, 3.63) is 11.1 Å². The number of aliphatic hydroxyl groups excluding tert-OH is 1. The predicted octanol–water partition coefficient (Wildman–Crippen LogP) is 2.96. The lowest BCUT2D eigenvalue weighted by Crippen LogP contribution is -2.24. The van der Waals surface area contributed by atoms with E-state index in [2.05, 4.69) is 0 Å². The molecule has 2 bridgehead atoms. The van der Waals surface area contributed by atoms with Gasteiger partial charge in [0.15, 0.2) is 5.78 Å². The van der Waals surface area contributed by atoms with Crippen LogP contribution in [0.5, 0.6) is 0 Å². The summed E-state index contributed by atoms with van der Waals surface area (Å²) < 4.78 is 0. The van der Waals surface area contributed by atoms with E-state index in [1.54, 1.807) is 0 Å². The number of carbonyl (C=O) groups is 2. The van der Waals surface area contributed by atoms with Crippen LogP contribution in [-0.4, -0.2) is 23.3 Å². The first-order valence-electron chi connectivity index (χ1n) is 7.60. The lowest BCUT2D eigenvalue weighted by molar-refractivity contribution is -0.122. The Morgan fingerprint density at radius 1 is 0.895 bits per heavy atom. The molecule has 0 aromatic carbocycles. The molecule has 1 saturated carbocycles. The molecular formula is C16H24O3. The fraction of sp³-hybridized carbons (Fsp3) is 0.750. The van der Waals surface area contributed by atoms with E-state index in [0.717, 1.165) is 62.5 Å². The Hall–Kier alpha value is -0.960. The number of carbonyl (C=O) groups excluding carboxylic acids is 2. The molecule has 1 fully saturated rings. The highest BCUT2D eigenvalue weighted by atomic mass is 16.3. The Balaban J connectivity index is 2.10. The van der Waals surface area contributed by atoms with Gasteiger partial charge in [0.05, 0.1) is 6.61 Å². The van der Waals surface area contributed by atoms with E-state index in [4.69, 9.17) is 0 Å². The summed E-state index contributed by atoms with van der Waals surface area (Å²) in [4.78, 5) is 24.1. The molecule has 0 aliphatic heterocycles. The summed E-state index contributed by atoms with van der Waals surface area (Å²) >= 11 is 0. The maximum absolute atomic E-state index is 12.4. The summed E-state index contributed by atoms with van der Waals surface area (Å²) in [5.74, 6) is 0.705. The van der Waals surface area contributed by atoms with Gasteiger partial charge in [0.1, 0.15) is 5.78 Å². The molecule has 2 aliphatic rings. The molecule has 19 heavy (non-hydrogen) atoms. The maximum Gasteiger partial charge on any atom is 0.161 e. The summed E-state index contributed by atoms with van der Waals surface area (Å²) in [6, 6.07) is 0. The molecule has 1 unspecified atom stereocenters. The van der Waals surface area contributed by atoms with Crippen LogP contribution < -0.4 is 0 Å². The van der Waals surface area contributed by atoms with Gasteiger partial charge in [0, 0.05) is 18.8 Å². The molecule has 1 N–H and O–H groups in total. The lowest BCUT2D eigenvalue weighted by Gasteiger charge is -2.26. The minimum Gasteiger partial charge on any atom is -0.392 e. The lowest BCUT2D eigenvalue weighted by atomic mass is 9.78. The van der Waals surface area contributed by atoms with Crippen LogP contribution in [0, 0.1) is 5.92 Å². The van der Waals surface area contributed by atoms with E-state index in [-0.39, 0.29) is 18.3 Å². The van der Waals surface area contributed by atoms with Gasteiger partial charge >= 0.3 is 0 Å². The number of rotatable bonds is 1. The number of Topliss-reactive ketones (excluding diaryl/α,β-unsaturated/α-hetero) is 2. The van der Waals surface area contributed by atoms with Crippen molar-refractivity contribution in [2.24, 2.45) is 5.92 Å². The van der Waals surface area contributed by atoms with E-state index in [0.29, 0.717) is 18.6 Å². The van der Waals surface area contributed by atoms with Gasteiger partial charge in [-0.2, -0.15) is 0 Å². The Labute approximate surface area is 115 Å². The van der Waals surface area contributed by atoms with E-state index < -0.39 is 0 Å².